The molecule has 2 aromatic carbocycles. The second-order valence-corrected chi connectivity index (χ2v) is 10.8. The Hall–Kier alpha value is -2.21. The summed E-state index contributed by atoms with van der Waals surface area (Å²) < 4.78 is 11.0. The van der Waals surface area contributed by atoms with Crippen molar-refractivity contribution in [1.82, 2.24) is 10.2 Å². The minimum atomic E-state index is -0.0624. The number of piperidine rings is 1. The molecule has 2 aromatic rings. The Morgan fingerprint density at radius 1 is 1.11 bits per heavy atom. The lowest BCUT2D eigenvalue weighted by Gasteiger charge is -2.33. The van der Waals surface area contributed by atoms with Crippen LogP contribution >= 0.6 is 23.2 Å². The molecule has 186 valence electrons. The first kappa shape index (κ1) is 24.5. The van der Waals surface area contributed by atoms with Gasteiger partial charge in [-0.3, -0.25) is 4.79 Å². The van der Waals surface area contributed by atoms with Crippen LogP contribution in [0.4, 0.5) is 0 Å². The molecule has 2 atom stereocenters. The first-order chi connectivity index (χ1) is 17.0. The van der Waals surface area contributed by atoms with E-state index in [1.165, 1.54) is 18.4 Å². The number of methoxy groups -OCH3 is 1. The number of carbonyl (C=O) groups excluding carboxylic acids is 1. The Morgan fingerprint density at radius 2 is 1.89 bits per heavy atom. The van der Waals surface area contributed by atoms with Gasteiger partial charge in [-0.25, -0.2) is 0 Å². The third-order valence-electron chi connectivity index (χ3n) is 7.62. The smallest absolute Gasteiger partial charge is 0.250 e. The molecule has 2 fully saturated rings. The fourth-order valence-corrected chi connectivity index (χ4v) is 6.19. The van der Waals surface area contributed by atoms with E-state index in [9.17, 15) is 4.79 Å². The molecule has 5 rings (SSSR count). The number of amides is 1. The fraction of sp³-hybridized carbons (Fsp3) is 0.464. The number of carbonyl (C=O) groups is 1. The number of benzene rings is 2. The van der Waals surface area contributed by atoms with E-state index in [0.717, 1.165) is 50.2 Å². The Labute approximate surface area is 217 Å². The molecule has 1 saturated carbocycles. The first-order valence-electron chi connectivity index (χ1n) is 12.5. The highest BCUT2D eigenvalue weighted by Crippen LogP contribution is 2.36. The monoisotopic (exact) mass is 514 g/mol. The molecule has 3 aliphatic rings. The van der Waals surface area contributed by atoms with Gasteiger partial charge in [-0.15, -0.1) is 0 Å². The maximum Gasteiger partial charge on any atom is 0.250 e. The van der Waals surface area contributed by atoms with E-state index in [2.05, 4.69) is 34.5 Å². The average molecular weight is 515 g/mol. The summed E-state index contributed by atoms with van der Waals surface area (Å²) in [5.41, 5.74) is 2.74. The third-order valence-corrected chi connectivity index (χ3v) is 8.15. The molecule has 1 saturated heterocycles. The molecule has 0 spiro atoms. The zero-order valence-corrected chi connectivity index (χ0v) is 21.6. The second kappa shape index (κ2) is 10.8. The summed E-state index contributed by atoms with van der Waals surface area (Å²) in [6.45, 7) is 3.63. The maximum atomic E-state index is 12.9. The largest absolute Gasteiger partial charge is 0.497 e. The Bertz CT molecular complexity index is 1090. The van der Waals surface area contributed by atoms with Crippen molar-refractivity contribution in [2.45, 2.75) is 44.1 Å². The summed E-state index contributed by atoms with van der Waals surface area (Å²) in [6.07, 6.45) is 7.44. The summed E-state index contributed by atoms with van der Waals surface area (Å²) >= 11 is 12.4. The minimum Gasteiger partial charge on any atom is -0.497 e. The minimum absolute atomic E-state index is 0.0624. The number of hydrogen-bond acceptors (Lipinski definition) is 4. The molecule has 5 nitrogen and oxygen atoms in total. The number of ether oxygens (including phenoxy) is 2. The van der Waals surface area contributed by atoms with Gasteiger partial charge in [0, 0.05) is 23.2 Å². The van der Waals surface area contributed by atoms with Crippen LogP contribution in [0, 0.1) is 5.92 Å². The molecule has 0 radical (unpaired) electrons. The van der Waals surface area contributed by atoms with Gasteiger partial charge in [0.05, 0.1) is 17.7 Å². The summed E-state index contributed by atoms with van der Waals surface area (Å²) in [5, 5.41) is 4.25. The summed E-state index contributed by atoms with van der Waals surface area (Å²) in [7, 11) is 1.71. The fourth-order valence-electron chi connectivity index (χ4n) is 5.66. The van der Waals surface area contributed by atoms with Gasteiger partial charge >= 0.3 is 0 Å². The van der Waals surface area contributed by atoms with E-state index < -0.39 is 0 Å². The summed E-state index contributed by atoms with van der Waals surface area (Å²) in [5.74, 6) is 2.74. The van der Waals surface area contributed by atoms with Crippen LogP contribution in [0.5, 0.6) is 11.5 Å². The number of nitrogens with zero attached hydrogens (tertiary/aromatic N) is 1. The third kappa shape index (κ3) is 5.79. The van der Waals surface area contributed by atoms with Crippen LogP contribution in [-0.2, 0) is 4.79 Å². The zero-order valence-electron chi connectivity index (χ0n) is 20.1. The number of rotatable bonds is 6. The topological polar surface area (TPSA) is 50.8 Å². The van der Waals surface area contributed by atoms with Crippen molar-refractivity contribution in [3.05, 3.63) is 63.1 Å². The van der Waals surface area contributed by atoms with Crippen LogP contribution in [0.25, 0.3) is 6.08 Å². The van der Waals surface area contributed by atoms with Crippen LogP contribution < -0.4 is 14.8 Å². The lowest BCUT2D eigenvalue weighted by molar-refractivity contribution is -0.118. The van der Waals surface area contributed by atoms with E-state index in [-0.39, 0.29) is 18.6 Å². The van der Waals surface area contributed by atoms with E-state index >= 15 is 0 Å². The van der Waals surface area contributed by atoms with Crippen LogP contribution in [0.3, 0.4) is 0 Å². The molecule has 35 heavy (non-hydrogen) atoms. The van der Waals surface area contributed by atoms with Gasteiger partial charge in [0.25, 0.3) is 5.91 Å². The predicted molar refractivity (Wildman–Crippen MR) is 141 cm³/mol. The number of fused-ring (bicyclic) bond motifs is 1. The van der Waals surface area contributed by atoms with Crippen molar-refractivity contribution < 1.29 is 14.3 Å². The Morgan fingerprint density at radius 3 is 2.63 bits per heavy atom. The van der Waals surface area contributed by atoms with E-state index in [4.69, 9.17) is 32.7 Å². The van der Waals surface area contributed by atoms with Crippen molar-refractivity contribution in [2.75, 3.05) is 33.4 Å². The number of halogens is 2. The first-order valence-corrected chi connectivity index (χ1v) is 13.2. The van der Waals surface area contributed by atoms with E-state index in [1.54, 1.807) is 19.2 Å². The van der Waals surface area contributed by atoms with Gasteiger partial charge in [-0.2, -0.15) is 0 Å². The Balaban J connectivity index is 1.09. The number of nitrogens with one attached hydrogen (secondary N) is 1. The molecule has 0 aromatic heterocycles. The predicted octanol–water partition coefficient (Wildman–Crippen LogP) is 5.94. The van der Waals surface area contributed by atoms with Gasteiger partial charge in [0.2, 0.25) is 0 Å². The van der Waals surface area contributed by atoms with Crippen LogP contribution in [0.2, 0.25) is 10.0 Å². The van der Waals surface area contributed by atoms with Crippen molar-refractivity contribution in [3.8, 4) is 11.5 Å². The highest BCUT2D eigenvalue weighted by atomic mass is 35.5. The number of hydrogen-bond donors (Lipinski definition) is 1. The summed E-state index contributed by atoms with van der Waals surface area (Å²) in [4.78, 5) is 15.5. The zero-order chi connectivity index (χ0) is 24.4. The van der Waals surface area contributed by atoms with Gasteiger partial charge in [-0.05, 0) is 92.9 Å². The van der Waals surface area contributed by atoms with Crippen molar-refractivity contribution >= 4 is 35.2 Å². The van der Waals surface area contributed by atoms with Gasteiger partial charge in [0.15, 0.2) is 0 Å². The van der Waals surface area contributed by atoms with Gasteiger partial charge < -0.3 is 19.7 Å². The van der Waals surface area contributed by atoms with Crippen molar-refractivity contribution in [3.63, 3.8) is 0 Å². The van der Waals surface area contributed by atoms with Crippen LogP contribution in [0.15, 0.2) is 42.0 Å². The molecule has 1 N–H and O–H groups in total. The molecule has 2 heterocycles. The standard InChI is InChI=1S/C28H32Cl2N2O3/c1-34-24-6-3-19(4-7-24)20-8-10-32(11-9-20)16-18-2-5-23(12-18)31-28(33)21-13-25-26(30)14-22(29)15-27(25)35-17-21/h3-4,6-7,13-15,18,20,23H,2,5,8-12,16-17H2,1H3,(H,31,33)/t18-,23+/m1/s1. The highest BCUT2D eigenvalue weighted by molar-refractivity contribution is 6.36. The molecule has 1 aliphatic carbocycles. The van der Waals surface area contributed by atoms with Gasteiger partial charge in [0.1, 0.15) is 18.1 Å². The van der Waals surface area contributed by atoms with Crippen LogP contribution in [0.1, 0.15) is 49.1 Å². The molecule has 0 bridgehead atoms. The van der Waals surface area contributed by atoms with Gasteiger partial charge in [-0.1, -0.05) is 35.3 Å². The Kier molecular flexibility index (Phi) is 7.56. The molecular weight excluding hydrogens is 483 g/mol. The lowest BCUT2D eigenvalue weighted by Crippen LogP contribution is -2.38. The normalized spacial score (nSPS) is 22.8. The number of likely N-dealkylation sites (tertiary alicyclic amines) is 1. The average Bonchev–Trinajstić information content (AvgIpc) is 3.30. The van der Waals surface area contributed by atoms with Crippen LogP contribution in [-0.4, -0.2) is 50.2 Å². The lowest BCUT2D eigenvalue weighted by atomic mass is 9.89. The molecular formula is C28H32Cl2N2O3. The van der Waals surface area contributed by atoms with Crippen molar-refractivity contribution in [1.29, 1.82) is 0 Å². The SMILES string of the molecule is COc1ccc(C2CCN(C[C@@H]3CC[C@H](NC(=O)C4=Cc5c(Cl)cc(Cl)cc5OC4)C3)CC2)cc1. The molecule has 7 heteroatoms. The second-order valence-electron chi connectivity index (χ2n) is 9.96. The molecule has 1 amide bonds. The summed E-state index contributed by atoms with van der Waals surface area (Å²) in [6, 6.07) is 12.2. The van der Waals surface area contributed by atoms with E-state index in [1.807, 2.05) is 6.08 Å². The van der Waals surface area contributed by atoms with E-state index in [0.29, 0.717) is 33.2 Å². The quantitative estimate of drug-likeness (QED) is 0.517. The highest BCUT2D eigenvalue weighted by Gasteiger charge is 2.30. The van der Waals surface area contributed by atoms with Crippen molar-refractivity contribution in [2.24, 2.45) is 5.92 Å². The molecule has 2 aliphatic heterocycles. The maximum absolute atomic E-state index is 12.9. The molecule has 0 unspecified atom stereocenters.